The number of hydrogen-bond donors (Lipinski definition) is 1. The summed E-state index contributed by atoms with van der Waals surface area (Å²) in [4.78, 5) is 35.6. The van der Waals surface area contributed by atoms with E-state index in [0.717, 1.165) is 36.2 Å². The number of nitrogens with zero attached hydrogens (tertiary/aromatic N) is 4. The van der Waals surface area contributed by atoms with Crippen molar-refractivity contribution >= 4 is 34.2 Å². The minimum atomic E-state index is -0.692. The van der Waals surface area contributed by atoms with E-state index < -0.39 is 11.6 Å². The number of aromatic nitrogens is 3. The number of ether oxygens (including phenoxy) is 1. The Morgan fingerprint density at radius 2 is 1.92 bits per heavy atom. The Hall–Kier alpha value is -3.44. The molecule has 0 amide bonds. The number of benzene rings is 1. The minimum absolute atomic E-state index is 0.0893. The normalized spacial score (nSPS) is 23.0. The molecule has 2 bridgehead atoms. The number of nitrogens with one attached hydrogen (secondary N) is 1. The monoisotopic (exact) mass is 519 g/mol. The van der Waals surface area contributed by atoms with Gasteiger partial charge in [0.2, 0.25) is 0 Å². The number of rotatable bonds is 5. The molecule has 3 aromatic rings. The van der Waals surface area contributed by atoms with Gasteiger partial charge in [0.25, 0.3) is 5.56 Å². The van der Waals surface area contributed by atoms with E-state index in [1.807, 2.05) is 26.0 Å². The van der Waals surface area contributed by atoms with Crippen molar-refractivity contribution in [1.29, 1.82) is 5.26 Å². The van der Waals surface area contributed by atoms with Gasteiger partial charge < -0.3 is 10.1 Å². The molecule has 8 nitrogen and oxygen atoms in total. The molecule has 3 aliphatic rings. The number of anilines is 1. The summed E-state index contributed by atoms with van der Waals surface area (Å²) in [5.74, 6) is 0.158. The van der Waals surface area contributed by atoms with Crippen molar-refractivity contribution in [3.8, 4) is 6.07 Å². The van der Waals surface area contributed by atoms with Gasteiger partial charge in [-0.25, -0.2) is 14.8 Å². The third kappa shape index (κ3) is 4.15. The van der Waals surface area contributed by atoms with E-state index >= 15 is 0 Å². The van der Waals surface area contributed by atoms with Crippen molar-refractivity contribution < 1.29 is 9.53 Å². The highest BCUT2D eigenvalue weighted by molar-refractivity contribution is 6.29. The first-order valence-electron chi connectivity index (χ1n) is 12.4. The zero-order valence-corrected chi connectivity index (χ0v) is 22.7. The van der Waals surface area contributed by atoms with Gasteiger partial charge in [-0.1, -0.05) is 17.7 Å². The molecule has 1 aromatic carbocycles. The lowest BCUT2D eigenvalue weighted by molar-refractivity contribution is -0.101. The first kappa shape index (κ1) is 25.2. The van der Waals surface area contributed by atoms with E-state index in [1.165, 1.54) is 0 Å². The molecule has 2 heterocycles. The van der Waals surface area contributed by atoms with Crippen LogP contribution in [0.3, 0.4) is 0 Å². The van der Waals surface area contributed by atoms with Gasteiger partial charge in [-0.3, -0.25) is 9.36 Å². The number of aryl methyl sites for hydroxylation is 1. The molecule has 0 unspecified atom stereocenters. The summed E-state index contributed by atoms with van der Waals surface area (Å²) in [5, 5.41) is 13.6. The molecular formula is C28H30ClN5O3. The highest BCUT2D eigenvalue weighted by Crippen LogP contribution is 2.72. The van der Waals surface area contributed by atoms with Gasteiger partial charge >= 0.3 is 5.97 Å². The summed E-state index contributed by atoms with van der Waals surface area (Å²) in [7, 11) is 1.76. The SMILES string of the molecule is Cc1cc([C@@H](C)Nc2ccc(Cl)nc2C(=O)OC(C)(C)C)c2nc(C34CC(C#N)(C3)C4)n(C)c(=O)c2c1. The zero-order valence-electron chi connectivity index (χ0n) is 21.9. The lowest BCUT2D eigenvalue weighted by Gasteiger charge is -2.66. The summed E-state index contributed by atoms with van der Waals surface area (Å²) in [6.45, 7) is 9.26. The Labute approximate surface area is 220 Å². The quantitative estimate of drug-likeness (QED) is 0.356. The van der Waals surface area contributed by atoms with Crippen LogP contribution in [0.25, 0.3) is 10.9 Å². The van der Waals surface area contributed by atoms with Crippen LogP contribution in [0.15, 0.2) is 29.1 Å². The number of esters is 1. The predicted octanol–water partition coefficient (Wildman–Crippen LogP) is 5.36. The number of fused-ring (bicyclic) bond motifs is 1. The van der Waals surface area contributed by atoms with Crippen molar-refractivity contribution in [2.45, 2.75) is 70.9 Å². The molecule has 2 aromatic heterocycles. The van der Waals surface area contributed by atoms with Crippen LogP contribution in [0.5, 0.6) is 0 Å². The lowest BCUT2D eigenvalue weighted by atomic mass is 9.35. The Kier molecular flexibility index (Phi) is 5.65. The maximum atomic E-state index is 13.5. The Morgan fingerprint density at radius 3 is 2.54 bits per heavy atom. The van der Waals surface area contributed by atoms with Gasteiger partial charge in [-0.15, -0.1) is 0 Å². The number of carbonyl (C=O) groups excluding carboxylic acids is 1. The molecule has 3 aliphatic carbocycles. The molecule has 37 heavy (non-hydrogen) atoms. The standard InChI is InChI=1S/C28H30ClN5O3/c1-15-9-17(16(2)31-19-7-8-20(29)32-22(19)24(36)37-26(3,4)5)21-18(10-15)23(35)34(6)25(33-21)28-11-27(12-28,13-28)14-30/h7-10,16,31H,11-13H2,1-6H3/t16-,27?,28?/m1/s1. The average Bonchev–Trinajstić information content (AvgIpc) is 2.75. The molecule has 9 heteroatoms. The molecule has 0 aliphatic heterocycles. The second-order valence-electron chi connectivity index (χ2n) is 11.7. The van der Waals surface area contributed by atoms with Crippen molar-refractivity contribution in [3.05, 3.63) is 62.4 Å². The van der Waals surface area contributed by atoms with Crippen molar-refractivity contribution in [2.75, 3.05) is 5.32 Å². The zero-order chi connectivity index (χ0) is 26.9. The maximum Gasteiger partial charge on any atom is 0.359 e. The van der Waals surface area contributed by atoms with Gasteiger partial charge in [-0.2, -0.15) is 5.26 Å². The summed E-state index contributed by atoms with van der Waals surface area (Å²) in [6, 6.07) is 9.28. The fraction of sp³-hybridized carbons (Fsp3) is 0.464. The highest BCUT2D eigenvalue weighted by Gasteiger charge is 2.70. The van der Waals surface area contributed by atoms with Crippen LogP contribution < -0.4 is 10.9 Å². The molecule has 0 saturated heterocycles. The predicted molar refractivity (Wildman–Crippen MR) is 142 cm³/mol. The number of hydrogen-bond acceptors (Lipinski definition) is 7. The van der Waals surface area contributed by atoms with Crippen LogP contribution in [0.4, 0.5) is 5.69 Å². The third-order valence-electron chi connectivity index (χ3n) is 7.39. The van der Waals surface area contributed by atoms with Gasteiger partial charge in [0.05, 0.1) is 34.1 Å². The highest BCUT2D eigenvalue weighted by atomic mass is 35.5. The van der Waals surface area contributed by atoms with E-state index in [4.69, 9.17) is 21.3 Å². The number of carbonyl (C=O) groups is 1. The largest absolute Gasteiger partial charge is 0.455 e. The Bertz CT molecular complexity index is 1540. The van der Waals surface area contributed by atoms with Crippen LogP contribution in [0.1, 0.15) is 80.4 Å². The fourth-order valence-electron chi connectivity index (χ4n) is 5.85. The number of pyridine rings is 1. The fourth-order valence-corrected chi connectivity index (χ4v) is 5.99. The van der Waals surface area contributed by atoms with Crippen LogP contribution in [0.2, 0.25) is 5.15 Å². The average molecular weight is 520 g/mol. The van der Waals surface area contributed by atoms with E-state index in [1.54, 1.807) is 44.5 Å². The third-order valence-corrected chi connectivity index (χ3v) is 7.60. The van der Waals surface area contributed by atoms with E-state index in [9.17, 15) is 14.9 Å². The van der Waals surface area contributed by atoms with Gasteiger partial charge in [0.15, 0.2) is 5.69 Å². The molecule has 0 spiro atoms. The van der Waals surface area contributed by atoms with E-state index in [0.29, 0.717) is 16.6 Å². The molecule has 6 rings (SSSR count). The molecule has 0 radical (unpaired) electrons. The molecular weight excluding hydrogens is 490 g/mol. The van der Waals surface area contributed by atoms with Gasteiger partial charge in [-0.05, 0) is 77.6 Å². The molecule has 192 valence electrons. The second-order valence-corrected chi connectivity index (χ2v) is 12.0. The van der Waals surface area contributed by atoms with E-state index in [2.05, 4.69) is 16.4 Å². The summed E-state index contributed by atoms with van der Waals surface area (Å²) in [6.07, 6.45) is 2.23. The molecule has 1 atom stereocenters. The van der Waals surface area contributed by atoms with Crippen molar-refractivity contribution in [1.82, 2.24) is 14.5 Å². The van der Waals surface area contributed by atoms with Crippen LogP contribution in [-0.2, 0) is 17.2 Å². The second kappa shape index (κ2) is 8.29. The number of halogens is 1. The van der Waals surface area contributed by atoms with Crippen LogP contribution in [-0.4, -0.2) is 26.1 Å². The van der Waals surface area contributed by atoms with E-state index in [-0.39, 0.29) is 33.3 Å². The Morgan fingerprint density at radius 1 is 1.24 bits per heavy atom. The van der Waals surface area contributed by atoms with Gasteiger partial charge in [0, 0.05) is 18.0 Å². The number of nitriles is 1. The summed E-state index contributed by atoms with van der Waals surface area (Å²) < 4.78 is 7.19. The van der Waals surface area contributed by atoms with Crippen molar-refractivity contribution in [2.24, 2.45) is 12.5 Å². The minimum Gasteiger partial charge on any atom is -0.455 e. The van der Waals surface area contributed by atoms with Crippen LogP contribution >= 0.6 is 11.6 Å². The summed E-state index contributed by atoms with van der Waals surface area (Å²) in [5.41, 5.74) is 1.70. The smallest absolute Gasteiger partial charge is 0.359 e. The maximum absolute atomic E-state index is 13.5. The lowest BCUT2D eigenvalue weighted by Crippen LogP contribution is -2.65. The molecule has 1 N–H and O–H groups in total. The summed E-state index contributed by atoms with van der Waals surface area (Å²) >= 11 is 6.11. The molecule has 3 fully saturated rings. The first-order chi connectivity index (χ1) is 17.3. The van der Waals surface area contributed by atoms with Crippen molar-refractivity contribution in [3.63, 3.8) is 0 Å². The topological polar surface area (TPSA) is 110 Å². The Balaban J connectivity index is 1.56. The van der Waals surface area contributed by atoms with Crippen LogP contribution in [0, 0.1) is 23.7 Å². The molecule has 3 saturated carbocycles. The first-order valence-corrected chi connectivity index (χ1v) is 12.7. The van der Waals surface area contributed by atoms with Gasteiger partial charge in [0.1, 0.15) is 16.6 Å².